The van der Waals surface area contributed by atoms with Crippen LogP contribution in [0.4, 0.5) is 0 Å². The summed E-state index contributed by atoms with van der Waals surface area (Å²) in [6.45, 7) is 7.26. The third-order valence-electron chi connectivity index (χ3n) is 5.86. The van der Waals surface area contributed by atoms with Crippen LogP contribution in [0.5, 0.6) is 0 Å². The molecule has 3 aromatic carbocycles. The van der Waals surface area contributed by atoms with E-state index in [-0.39, 0.29) is 51.0 Å². The van der Waals surface area contributed by atoms with Gasteiger partial charge in [-0.1, -0.05) is 78.6 Å². The van der Waals surface area contributed by atoms with Crippen LogP contribution in [0, 0.1) is 13.0 Å². The molecule has 2 aliphatic carbocycles. The molecule has 2 aliphatic rings. The van der Waals surface area contributed by atoms with Crippen molar-refractivity contribution in [3.8, 4) is 11.1 Å². The summed E-state index contributed by atoms with van der Waals surface area (Å²) >= 11 is 0. The minimum atomic E-state index is 0. The maximum atomic E-state index is 3.55. The molecule has 0 heterocycles. The van der Waals surface area contributed by atoms with Gasteiger partial charge in [-0.15, -0.1) is 40.6 Å². The Labute approximate surface area is 219 Å². The second kappa shape index (κ2) is 12.8. The van der Waals surface area contributed by atoms with Crippen LogP contribution in [0.3, 0.4) is 0 Å². The maximum absolute atomic E-state index is 3.55. The van der Waals surface area contributed by atoms with E-state index in [0.717, 1.165) is 6.42 Å². The first-order valence-corrected chi connectivity index (χ1v) is 10.5. The van der Waals surface area contributed by atoms with E-state index in [4.69, 9.17) is 0 Å². The number of fused-ring (bicyclic) bond motifs is 5. The predicted molar refractivity (Wildman–Crippen MR) is 122 cm³/mol. The van der Waals surface area contributed by atoms with Gasteiger partial charge in [0, 0.05) is 5.92 Å². The fourth-order valence-corrected chi connectivity index (χ4v) is 4.52. The van der Waals surface area contributed by atoms with Crippen molar-refractivity contribution >= 4 is 10.8 Å². The van der Waals surface area contributed by atoms with E-state index in [1.807, 2.05) is 0 Å². The van der Waals surface area contributed by atoms with Crippen molar-refractivity contribution in [2.24, 2.45) is 0 Å². The SMILES string of the molecule is CCCCC1=CC(c2cc3c(c4[c-]cccc24)Cc2ccccc2-3)C=C1.[CH2-]C.[Cl-].[Cl-].[Zr+4]. The van der Waals surface area contributed by atoms with Gasteiger partial charge in [0.2, 0.25) is 0 Å². The van der Waals surface area contributed by atoms with Gasteiger partial charge in [-0.05, 0) is 30.4 Å². The minimum Gasteiger partial charge on any atom is -1.00 e. The zero-order valence-electron chi connectivity index (χ0n) is 18.2. The molecule has 0 aromatic heterocycles. The fourth-order valence-electron chi connectivity index (χ4n) is 4.52. The molecule has 31 heavy (non-hydrogen) atoms. The second-order valence-corrected chi connectivity index (χ2v) is 7.51. The molecule has 3 aromatic rings. The number of rotatable bonds is 4. The van der Waals surface area contributed by atoms with Crippen LogP contribution in [0.25, 0.3) is 21.9 Å². The van der Waals surface area contributed by atoms with Crippen molar-refractivity contribution in [1.82, 2.24) is 0 Å². The summed E-state index contributed by atoms with van der Waals surface area (Å²) in [6.07, 6.45) is 11.9. The molecule has 0 bridgehead atoms. The Hall–Kier alpha value is -1.14. The van der Waals surface area contributed by atoms with Gasteiger partial charge in [-0.25, -0.2) is 0 Å². The van der Waals surface area contributed by atoms with Crippen LogP contribution in [0.15, 0.2) is 72.3 Å². The number of hydrogen-bond donors (Lipinski definition) is 0. The van der Waals surface area contributed by atoms with Gasteiger partial charge in [-0.2, -0.15) is 6.92 Å². The van der Waals surface area contributed by atoms with Gasteiger partial charge in [0.05, 0.1) is 0 Å². The Morgan fingerprint density at radius 2 is 1.81 bits per heavy atom. The number of halogens is 2. The van der Waals surface area contributed by atoms with E-state index in [2.05, 4.69) is 86.7 Å². The Kier molecular flexibility index (Phi) is 11.5. The van der Waals surface area contributed by atoms with Crippen molar-refractivity contribution in [3.63, 3.8) is 0 Å². The van der Waals surface area contributed by atoms with Gasteiger partial charge >= 0.3 is 26.2 Å². The average Bonchev–Trinajstić information content (AvgIpc) is 3.38. The topological polar surface area (TPSA) is 0 Å². The predicted octanol–water partition coefficient (Wildman–Crippen LogP) is 1.83. The molecule has 0 fully saturated rings. The smallest absolute Gasteiger partial charge is 1.00 e. The summed E-state index contributed by atoms with van der Waals surface area (Å²) in [5.41, 5.74) is 8.62. The average molecular weight is 527 g/mol. The zero-order chi connectivity index (χ0) is 19.5. The Bertz CT molecular complexity index is 1070. The number of allylic oxidation sites excluding steroid dienone is 4. The normalized spacial score (nSPS) is 14.8. The number of unbranched alkanes of at least 4 members (excludes halogenated alkanes) is 1. The summed E-state index contributed by atoms with van der Waals surface area (Å²) in [4.78, 5) is 0. The van der Waals surface area contributed by atoms with Crippen molar-refractivity contribution in [3.05, 3.63) is 102 Å². The van der Waals surface area contributed by atoms with Crippen LogP contribution >= 0.6 is 0 Å². The molecule has 5 rings (SSSR count). The van der Waals surface area contributed by atoms with Crippen molar-refractivity contribution in [2.45, 2.75) is 45.4 Å². The van der Waals surface area contributed by atoms with Crippen molar-refractivity contribution < 1.29 is 51.0 Å². The first kappa shape index (κ1) is 27.9. The standard InChI is InChI=1S/C26H23.C2H5.2ClH.Zr/c1-2-3-8-18-13-14-20(15-18)24-17-26-21-10-5-4-9-19(21)16-25(26)23-12-7-6-11-22(23)24;1-2;;;/h4-7,9-11,13-15,17,20H,2-3,8,16H2,1H3;1H2,2H3;2*1H;/q2*-1;;;+4/p-2. The van der Waals surface area contributed by atoms with Crippen LogP contribution in [0.2, 0.25) is 0 Å². The fraction of sp³-hybridized carbons (Fsp3) is 0.250. The van der Waals surface area contributed by atoms with Gasteiger partial charge in [0.25, 0.3) is 0 Å². The first-order valence-electron chi connectivity index (χ1n) is 10.5. The van der Waals surface area contributed by atoms with E-state index >= 15 is 0 Å². The number of benzene rings is 3. The third-order valence-corrected chi connectivity index (χ3v) is 5.86. The van der Waals surface area contributed by atoms with E-state index in [9.17, 15) is 0 Å². The van der Waals surface area contributed by atoms with Gasteiger partial charge in [0.15, 0.2) is 0 Å². The molecular weight excluding hydrogens is 498 g/mol. The van der Waals surface area contributed by atoms with Gasteiger partial charge in [-0.3, -0.25) is 0 Å². The molecule has 0 N–H and O–H groups in total. The molecule has 0 saturated carbocycles. The molecule has 3 heteroatoms. The number of hydrogen-bond acceptors (Lipinski definition) is 0. The largest absolute Gasteiger partial charge is 4.00 e. The van der Waals surface area contributed by atoms with E-state index < -0.39 is 0 Å². The summed E-state index contributed by atoms with van der Waals surface area (Å²) < 4.78 is 0. The minimum absolute atomic E-state index is 0. The van der Waals surface area contributed by atoms with Gasteiger partial charge in [0.1, 0.15) is 0 Å². The van der Waals surface area contributed by atoms with E-state index in [1.54, 1.807) is 6.92 Å². The molecule has 0 saturated heterocycles. The van der Waals surface area contributed by atoms with Crippen LogP contribution in [0.1, 0.15) is 55.7 Å². The Morgan fingerprint density at radius 3 is 2.58 bits per heavy atom. The molecule has 0 spiro atoms. The summed E-state index contributed by atoms with van der Waals surface area (Å²) in [7, 11) is 0. The molecule has 0 radical (unpaired) electrons. The van der Waals surface area contributed by atoms with Crippen LogP contribution in [-0.2, 0) is 32.6 Å². The van der Waals surface area contributed by atoms with Gasteiger partial charge < -0.3 is 31.7 Å². The monoisotopic (exact) mass is 524 g/mol. The molecule has 158 valence electrons. The molecule has 0 nitrogen and oxygen atoms in total. The summed E-state index contributed by atoms with van der Waals surface area (Å²) in [5, 5.41) is 2.67. The van der Waals surface area contributed by atoms with E-state index in [0.29, 0.717) is 5.92 Å². The second-order valence-electron chi connectivity index (χ2n) is 7.51. The molecule has 1 atom stereocenters. The molecular formula is C28H28Cl2Zr. The van der Waals surface area contributed by atoms with Crippen molar-refractivity contribution in [1.29, 1.82) is 0 Å². The molecule has 1 unspecified atom stereocenters. The summed E-state index contributed by atoms with van der Waals surface area (Å²) in [5.74, 6) is 0.387. The summed E-state index contributed by atoms with van der Waals surface area (Å²) in [6, 6.07) is 21.3. The van der Waals surface area contributed by atoms with Crippen LogP contribution < -0.4 is 24.8 Å². The zero-order valence-corrected chi connectivity index (χ0v) is 22.2. The Morgan fingerprint density at radius 1 is 1.03 bits per heavy atom. The molecule has 0 amide bonds. The van der Waals surface area contributed by atoms with Crippen LogP contribution in [-0.4, -0.2) is 0 Å². The van der Waals surface area contributed by atoms with Crippen molar-refractivity contribution in [2.75, 3.05) is 0 Å². The maximum Gasteiger partial charge on any atom is 4.00 e. The first-order chi connectivity index (χ1) is 13.8. The van der Waals surface area contributed by atoms with E-state index in [1.165, 1.54) is 63.4 Å². The molecule has 0 aliphatic heterocycles. The quantitative estimate of drug-likeness (QED) is 0.356. The Balaban J connectivity index is 0.000000935. The third kappa shape index (κ3) is 5.44.